The molecular formula is C18H24Cl2N2S. The first-order valence-electron chi connectivity index (χ1n) is 8.26. The molecule has 1 heterocycles. The van der Waals surface area contributed by atoms with E-state index in [-0.39, 0.29) is 0 Å². The molecule has 2 nitrogen and oxygen atoms in total. The molecule has 2 rings (SSSR count). The van der Waals surface area contributed by atoms with E-state index in [2.05, 4.69) is 22.5 Å². The smallest absolute Gasteiger partial charge is 0.0945 e. The molecule has 23 heavy (non-hydrogen) atoms. The number of hydrogen-bond donors (Lipinski definition) is 0. The fraction of sp³-hybridized carbons (Fsp3) is 0.500. The van der Waals surface area contributed by atoms with Crippen molar-refractivity contribution >= 4 is 35.0 Å². The van der Waals surface area contributed by atoms with E-state index in [9.17, 15) is 0 Å². The number of nitrogens with zero attached hydrogens (tertiary/aromatic N) is 2. The third-order valence-corrected chi connectivity index (χ3v) is 5.91. The third-order valence-electron chi connectivity index (χ3n) is 3.84. The molecule has 0 aliphatic rings. The minimum absolute atomic E-state index is 0.589. The van der Waals surface area contributed by atoms with Crippen LogP contribution >= 0.6 is 35.0 Å². The minimum atomic E-state index is 0.589. The van der Waals surface area contributed by atoms with Crippen molar-refractivity contribution < 1.29 is 0 Å². The number of imidazole rings is 1. The highest BCUT2D eigenvalue weighted by Gasteiger charge is 2.12. The molecule has 0 aliphatic carbocycles. The van der Waals surface area contributed by atoms with Gasteiger partial charge in [0.15, 0.2) is 0 Å². The first-order chi connectivity index (χ1) is 11.2. The molecule has 2 aromatic rings. The summed E-state index contributed by atoms with van der Waals surface area (Å²) in [6.07, 6.45) is 13.3. The van der Waals surface area contributed by atoms with Gasteiger partial charge in [-0.1, -0.05) is 55.8 Å². The number of thioether (sulfide) groups is 1. The fourth-order valence-electron chi connectivity index (χ4n) is 2.52. The monoisotopic (exact) mass is 370 g/mol. The van der Waals surface area contributed by atoms with Crippen LogP contribution in [0.25, 0.3) is 0 Å². The van der Waals surface area contributed by atoms with Gasteiger partial charge in [0.2, 0.25) is 0 Å². The predicted molar refractivity (Wildman–Crippen MR) is 102 cm³/mol. The van der Waals surface area contributed by atoms with E-state index in [1.807, 2.05) is 42.6 Å². The van der Waals surface area contributed by atoms with Crippen molar-refractivity contribution in [2.75, 3.05) is 0 Å². The van der Waals surface area contributed by atoms with Gasteiger partial charge in [-0.25, -0.2) is 4.98 Å². The lowest BCUT2D eigenvalue weighted by Crippen LogP contribution is -2.08. The molecule has 0 spiro atoms. The topological polar surface area (TPSA) is 17.8 Å². The molecule has 1 atom stereocenters. The summed E-state index contributed by atoms with van der Waals surface area (Å²) < 4.78 is 2.15. The average Bonchev–Trinajstić information content (AvgIpc) is 3.06. The highest BCUT2D eigenvalue weighted by atomic mass is 35.5. The third kappa shape index (κ3) is 6.78. The molecule has 0 aliphatic heterocycles. The predicted octanol–water partition coefficient (Wildman–Crippen LogP) is 6.71. The molecule has 0 saturated heterocycles. The first kappa shape index (κ1) is 18.7. The second-order valence-electron chi connectivity index (χ2n) is 5.75. The van der Waals surface area contributed by atoms with Gasteiger partial charge in [-0.05, 0) is 31.0 Å². The summed E-state index contributed by atoms with van der Waals surface area (Å²) in [6, 6.07) is 5.93. The number of halogens is 2. The highest BCUT2D eigenvalue weighted by molar-refractivity contribution is 8.00. The number of aromatic nitrogens is 2. The lowest BCUT2D eigenvalue weighted by Gasteiger charge is -2.17. The quantitative estimate of drug-likeness (QED) is 0.341. The number of benzene rings is 1. The minimum Gasteiger partial charge on any atom is -0.337 e. The summed E-state index contributed by atoms with van der Waals surface area (Å²) in [5, 5.41) is 1.84. The van der Waals surface area contributed by atoms with E-state index < -0.39 is 0 Å². The second kappa shape index (κ2) is 10.3. The van der Waals surface area contributed by atoms with Crippen molar-refractivity contribution in [1.82, 2.24) is 9.55 Å². The van der Waals surface area contributed by atoms with Crippen LogP contribution in [0, 0.1) is 0 Å². The van der Waals surface area contributed by atoms with Crippen molar-refractivity contribution in [3.8, 4) is 0 Å². The molecule has 0 amide bonds. The summed E-state index contributed by atoms with van der Waals surface area (Å²) in [7, 11) is 0. The fourth-order valence-corrected chi connectivity index (χ4v) is 4.10. The summed E-state index contributed by atoms with van der Waals surface area (Å²) in [5.74, 6) is 0. The van der Waals surface area contributed by atoms with E-state index in [0.29, 0.717) is 15.3 Å². The van der Waals surface area contributed by atoms with Crippen LogP contribution in [-0.2, 0) is 6.54 Å². The summed E-state index contributed by atoms with van der Waals surface area (Å²) in [5.41, 5.74) is 0. The maximum Gasteiger partial charge on any atom is 0.0945 e. The summed E-state index contributed by atoms with van der Waals surface area (Å²) in [4.78, 5) is 5.32. The van der Waals surface area contributed by atoms with Gasteiger partial charge in [0.05, 0.1) is 16.4 Å². The Morgan fingerprint density at radius 1 is 1.13 bits per heavy atom. The van der Waals surface area contributed by atoms with Gasteiger partial charge in [-0.15, -0.1) is 11.8 Å². The Hall–Kier alpha value is -0.640. The Morgan fingerprint density at radius 2 is 2.00 bits per heavy atom. The van der Waals surface area contributed by atoms with Crippen LogP contribution in [0.5, 0.6) is 0 Å². The van der Waals surface area contributed by atoms with Crippen LogP contribution in [0.4, 0.5) is 0 Å². The van der Waals surface area contributed by atoms with Crippen molar-refractivity contribution in [2.45, 2.75) is 62.1 Å². The Labute approximate surface area is 153 Å². The van der Waals surface area contributed by atoms with Gasteiger partial charge < -0.3 is 4.57 Å². The normalized spacial score (nSPS) is 12.5. The maximum absolute atomic E-state index is 6.14. The Kier molecular flexibility index (Phi) is 8.35. The van der Waals surface area contributed by atoms with E-state index in [4.69, 9.17) is 23.2 Å². The van der Waals surface area contributed by atoms with Crippen molar-refractivity contribution in [3.63, 3.8) is 0 Å². The van der Waals surface area contributed by atoms with Gasteiger partial charge in [-0.2, -0.15) is 0 Å². The molecule has 1 aromatic heterocycles. The zero-order valence-electron chi connectivity index (χ0n) is 13.5. The zero-order chi connectivity index (χ0) is 16.5. The SMILES string of the molecule is CCCCCCC(CCn1ccnc1)Sc1ccc(Cl)c(Cl)c1. The number of rotatable bonds is 10. The molecule has 0 saturated carbocycles. The van der Waals surface area contributed by atoms with Crippen molar-refractivity contribution in [2.24, 2.45) is 0 Å². The van der Waals surface area contributed by atoms with E-state index in [1.54, 1.807) is 0 Å². The van der Waals surface area contributed by atoms with Gasteiger partial charge in [0.25, 0.3) is 0 Å². The zero-order valence-corrected chi connectivity index (χ0v) is 15.9. The van der Waals surface area contributed by atoms with Crippen LogP contribution in [-0.4, -0.2) is 14.8 Å². The first-order valence-corrected chi connectivity index (χ1v) is 9.90. The molecule has 0 bridgehead atoms. The second-order valence-corrected chi connectivity index (χ2v) is 7.94. The molecule has 1 aromatic carbocycles. The Balaban J connectivity index is 1.92. The van der Waals surface area contributed by atoms with Crippen molar-refractivity contribution in [3.05, 3.63) is 47.0 Å². The largest absolute Gasteiger partial charge is 0.337 e. The molecule has 0 N–H and O–H groups in total. The van der Waals surface area contributed by atoms with E-state index >= 15 is 0 Å². The maximum atomic E-state index is 6.14. The summed E-state index contributed by atoms with van der Waals surface area (Å²) in [6.45, 7) is 3.26. The molecule has 126 valence electrons. The Bertz CT molecular complexity index is 572. The summed E-state index contributed by atoms with van der Waals surface area (Å²) >= 11 is 14.1. The van der Waals surface area contributed by atoms with Crippen LogP contribution in [0.3, 0.4) is 0 Å². The van der Waals surface area contributed by atoms with Crippen LogP contribution < -0.4 is 0 Å². The van der Waals surface area contributed by atoms with Gasteiger partial charge in [-0.3, -0.25) is 0 Å². The van der Waals surface area contributed by atoms with E-state index in [0.717, 1.165) is 13.0 Å². The molecule has 5 heteroatoms. The van der Waals surface area contributed by atoms with E-state index in [1.165, 1.54) is 37.0 Å². The van der Waals surface area contributed by atoms with Gasteiger partial charge in [0, 0.05) is 29.1 Å². The molecule has 1 unspecified atom stereocenters. The highest BCUT2D eigenvalue weighted by Crippen LogP contribution is 2.33. The standard InChI is InChI=1S/C18H24Cl2N2S/c1-2-3-4-5-6-15(9-11-22-12-10-21-14-22)23-16-7-8-17(19)18(20)13-16/h7-8,10,12-15H,2-6,9,11H2,1H3. The van der Waals surface area contributed by atoms with Crippen molar-refractivity contribution in [1.29, 1.82) is 0 Å². The lowest BCUT2D eigenvalue weighted by atomic mass is 10.1. The lowest BCUT2D eigenvalue weighted by molar-refractivity contribution is 0.560. The van der Waals surface area contributed by atoms with Gasteiger partial charge >= 0.3 is 0 Å². The molecule has 0 radical (unpaired) electrons. The van der Waals surface area contributed by atoms with Gasteiger partial charge in [0.1, 0.15) is 0 Å². The molecular weight excluding hydrogens is 347 g/mol. The van der Waals surface area contributed by atoms with Crippen LogP contribution in [0.15, 0.2) is 41.8 Å². The van der Waals surface area contributed by atoms with Crippen LogP contribution in [0.2, 0.25) is 10.0 Å². The molecule has 0 fully saturated rings. The average molecular weight is 371 g/mol. The number of hydrogen-bond acceptors (Lipinski definition) is 2. The number of unbranched alkanes of at least 4 members (excludes halogenated alkanes) is 3. The number of aryl methyl sites for hydroxylation is 1. The van der Waals surface area contributed by atoms with Crippen LogP contribution in [0.1, 0.15) is 45.4 Å². The Morgan fingerprint density at radius 3 is 2.70 bits per heavy atom.